The molecule has 20 nitrogen and oxygen atoms in total. The zero-order chi connectivity index (χ0) is 49.6. The molecule has 2 atom stereocenters. The minimum atomic E-state index is -1.07. The van der Waals surface area contributed by atoms with Gasteiger partial charge in [-0.05, 0) is 100 Å². The van der Waals surface area contributed by atoms with Crippen molar-refractivity contribution < 1.29 is 38.6 Å². The molecule has 4 aromatic rings. The Morgan fingerprint density at radius 3 is 2.30 bits per heavy atom. The van der Waals surface area contributed by atoms with Crippen molar-refractivity contribution in [3.05, 3.63) is 113 Å². The summed E-state index contributed by atoms with van der Waals surface area (Å²) in [6.45, 7) is 7.63. The monoisotopic (exact) mass is 970 g/mol. The van der Waals surface area contributed by atoms with Crippen LogP contribution in [0.25, 0.3) is 5.70 Å². The topological polar surface area (TPSA) is 261 Å². The van der Waals surface area contributed by atoms with Crippen LogP contribution >= 0.6 is 0 Å². The standard InChI is InChI=1S/C51H62N12O8/c52-40(38-8-1-2-10-42(38)64)29-44(48(53)54)71-37-7-6-22-61(31-37)35-15-13-34(14-16-35)59-27-25-58(26-28-59)21-4-3-12-46(66)60-23-19-36(20-24-60)62-30-33(56-57-62)32-70-43-11-5-9-39-47(43)51(69)63(50(39)68)41-17-18-45(65)55-49(41)67/h1-2,5,8-11,13-16,29-30,36-37,41,64H,3-4,6-7,12,17-28,31-32,52-54H2,(H,55,65,67)/b40-29-/t37-,41?/m0/s1. The van der Waals surface area contributed by atoms with Crippen LogP contribution in [0, 0.1) is 0 Å². The fraction of sp³-hybridized carbons (Fsp3) is 0.431. The van der Waals surface area contributed by atoms with Gasteiger partial charge in [-0.2, -0.15) is 0 Å². The van der Waals surface area contributed by atoms with Gasteiger partial charge in [-0.1, -0.05) is 23.4 Å². The number of fused-ring (bicyclic) bond motifs is 1. The van der Waals surface area contributed by atoms with Crippen LogP contribution in [0.3, 0.4) is 0 Å². The molecule has 8 N–H and O–H groups in total. The van der Waals surface area contributed by atoms with E-state index in [-0.39, 0.29) is 65.9 Å². The number of phenolic OH excluding ortho intramolecular Hbond substituents is 1. The number of amides is 5. The number of anilines is 2. The molecule has 71 heavy (non-hydrogen) atoms. The molecule has 6 heterocycles. The molecule has 374 valence electrons. The van der Waals surface area contributed by atoms with Crippen LogP contribution in [0.1, 0.15) is 95.8 Å². The Balaban J connectivity index is 0.662. The van der Waals surface area contributed by atoms with Crippen LogP contribution in [0.5, 0.6) is 11.5 Å². The minimum absolute atomic E-state index is 0.00313. The van der Waals surface area contributed by atoms with Gasteiger partial charge >= 0.3 is 0 Å². The van der Waals surface area contributed by atoms with Gasteiger partial charge in [0.15, 0.2) is 5.76 Å². The number of rotatable bonds is 16. The van der Waals surface area contributed by atoms with Gasteiger partial charge in [-0.3, -0.25) is 39.1 Å². The number of nitrogens with one attached hydrogen (secondary N) is 1. The smallest absolute Gasteiger partial charge is 0.266 e. The molecule has 5 aliphatic rings. The summed E-state index contributed by atoms with van der Waals surface area (Å²) in [5.74, 6) is -1.59. The maximum atomic E-state index is 13.4. The summed E-state index contributed by atoms with van der Waals surface area (Å²) in [5.41, 5.74) is 22.1. The molecule has 0 saturated carbocycles. The average Bonchev–Trinajstić information content (AvgIpc) is 3.96. The van der Waals surface area contributed by atoms with Crippen LogP contribution < -0.4 is 37.1 Å². The second-order valence-corrected chi connectivity index (χ2v) is 18.8. The molecule has 1 unspecified atom stereocenters. The summed E-state index contributed by atoms with van der Waals surface area (Å²) in [7, 11) is 0. The molecule has 3 aromatic carbocycles. The van der Waals surface area contributed by atoms with Crippen molar-refractivity contribution in [2.45, 2.75) is 82.6 Å². The van der Waals surface area contributed by atoms with E-state index in [2.05, 4.69) is 54.6 Å². The number of piperazine rings is 1. The van der Waals surface area contributed by atoms with E-state index in [4.69, 9.17) is 26.7 Å². The van der Waals surface area contributed by atoms with E-state index in [1.807, 2.05) is 4.90 Å². The predicted molar refractivity (Wildman–Crippen MR) is 263 cm³/mol. The maximum Gasteiger partial charge on any atom is 0.266 e. The van der Waals surface area contributed by atoms with Crippen molar-refractivity contribution in [1.29, 1.82) is 0 Å². The number of likely N-dealkylation sites (tertiary alicyclic amines) is 1. The number of piperidine rings is 3. The Kier molecular flexibility index (Phi) is 14.7. The van der Waals surface area contributed by atoms with Crippen molar-refractivity contribution >= 4 is 46.6 Å². The second kappa shape index (κ2) is 21.6. The number of hydrogen-bond donors (Lipinski definition) is 5. The Bertz CT molecular complexity index is 2680. The summed E-state index contributed by atoms with van der Waals surface area (Å²) in [5, 5.41) is 21.1. The van der Waals surface area contributed by atoms with Gasteiger partial charge in [-0.15, -0.1) is 5.10 Å². The third-order valence-electron chi connectivity index (χ3n) is 14.1. The van der Waals surface area contributed by atoms with Crippen molar-refractivity contribution in [2.75, 3.05) is 68.7 Å². The number of allylic oxidation sites excluding steroid dienone is 1. The summed E-state index contributed by atoms with van der Waals surface area (Å²) in [6, 6.07) is 19.3. The van der Waals surface area contributed by atoms with Crippen molar-refractivity contribution in [2.24, 2.45) is 17.2 Å². The first-order chi connectivity index (χ1) is 34.4. The van der Waals surface area contributed by atoms with Crippen LogP contribution in [0.15, 0.2) is 90.6 Å². The molecule has 1 aromatic heterocycles. The molecule has 0 spiro atoms. The number of hydrogen-bond acceptors (Lipinski definition) is 16. The molecule has 0 aliphatic carbocycles. The van der Waals surface area contributed by atoms with Crippen molar-refractivity contribution in [3.8, 4) is 11.5 Å². The number of phenols is 1. The van der Waals surface area contributed by atoms with Gasteiger partial charge in [0.25, 0.3) is 11.8 Å². The van der Waals surface area contributed by atoms with Gasteiger partial charge in [0.2, 0.25) is 17.7 Å². The number of para-hydroxylation sites is 1. The molecule has 20 heteroatoms. The van der Waals surface area contributed by atoms with E-state index in [0.717, 1.165) is 88.4 Å². The summed E-state index contributed by atoms with van der Waals surface area (Å²) in [4.78, 5) is 74.1. The zero-order valence-corrected chi connectivity index (χ0v) is 39.8. The largest absolute Gasteiger partial charge is 0.507 e. The number of nitrogens with two attached hydrogens (primary N) is 3. The highest BCUT2D eigenvalue weighted by Crippen LogP contribution is 2.35. The fourth-order valence-electron chi connectivity index (χ4n) is 10.1. The Hall–Kier alpha value is -7.61. The first-order valence-corrected chi connectivity index (χ1v) is 24.6. The van der Waals surface area contributed by atoms with Crippen LogP contribution in [0.2, 0.25) is 0 Å². The van der Waals surface area contributed by atoms with Gasteiger partial charge < -0.3 is 46.5 Å². The molecule has 5 aliphatic heterocycles. The Morgan fingerprint density at radius 2 is 1.56 bits per heavy atom. The lowest BCUT2D eigenvalue weighted by Gasteiger charge is -2.37. The normalized spacial score (nSPS) is 20.3. The van der Waals surface area contributed by atoms with Crippen LogP contribution in [0.4, 0.5) is 11.4 Å². The number of aromatic hydroxyl groups is 1. The minimum Gasteiger partial charge on any atom is -0.507 e. The lowest BCUT2D eigenvalue weighted by atomic mass is 10.0. The number of unbranched alkanes of at least 4 members (excludes halogenated alkanes) is 1. The van der Waals surface area contributed by atoms with E-state index in [9.17, 15) is 29.1 Å². The number of benzene rings is 3. The van der Waals surface area contributed by atoms with E-state index in [0.29, 0.717) is 48.8 Å². The van der Waals surface area contributed by atoms with Gasteiger partial charge in [-0.25, -0.2) is 4.68 Å². The fourth-order valence-corrected chi connectivity index (χ4v) is 10.1. The molecular weight excluding hydrogens is 909 g/mol. The number of aromatic nitrogens is 3. The average molecular weight is 971 g/mol. The molecule has 5 amide bonds. The summed E-state index contributed by atoms with van der Waals surface area (Å²) in [6.07, 6.45) is 8.96. The highest BCUT2D eigenvalue weighted by atomic mass is 16.5. The van der Waals surface area contributed by atoms with Crippen molar-refractivity contribution in [3.63, 3.8) is 0 Å². The third kappa shape index (κ3) is 11.1. The van der Waals surface area contributed by atoms with Gasteiger partial charge in [0.05, 0.1) is 29.9 Å². The quantitative estimate of drug-likeness (QED) is 0.0467. The number of carbonyl (C=O) groups excluding carboxylic acids is 5. The molecule has 4 fully saturated rings. The SMILES string of the molecule is NC(N)=C(/C=C(\N)c1ccccc1O)O[C@H]1CCCN(c2ccc(N3CCN(CCCCC(=O)N4CCC(n5cc(COc6cccc7c6C(=O)N(C6CCC(=O)NC6=O)C7=O)nn5)CC4)CC3)cc2)C1. The van der Waals surface area contributed by atoms with E-state index in [1.54, 1.807) is 53.4 Å². The van der Waals surface area contributed by atoms with E-state index >= 15 is 0 Å². The van der Waals surface area contributed by atoms with Gasteiger partial charge in [0, 0.05) is 87.4 Å². The van der Waals surface area contributed by atoms with Crippen LogP contribution in [-0.2, 0) is 25.7 Å². The number of nitrogens with zero attached hydrogens (tertiary/aromatic N) is 8. The highest BCUT2D eigenvalue weighted by Gasteiger charge is 2.46. The molecular formula is C51H62N12O8. The first-order valence-electron chi connectivity index (χ1n) is 24.6. The zero-order valence-electron chi connectivity index (χ0n) is 39.8. The van der Waals surface area contributed by atoms with Crippen LogP contribution in [-0.4, -0.2) is 135 Å². The lowest BCUT2D eigenvalue weighted by molar-refractivity contribution is -0.136. The van der Waals surface area contributed by atoms with Crippen molar-refractivity contribution in [1.82, 2.24) is 35.0 Å². The van der Waals surface area contributed by atoms with E-state index in [1.165, 1.54) is 11.8 Å². The number of imide groups is 2. The first kappa shape index (κ1) is 48.4. The highest BCUT2D eigenvalue weighted by molar-refractivity contribution is 6.24. The summed E-state index contributed by atoms with van der Waals surface area (Å²) >= 11 is 0. The maximum absolute atomic E-state index is 13.4. The predicted octanol–water partition coefficient (Wildman–Crippen LogP) is 3.19. The molecule has 4 saturated heterocycles. The third-order valence-corrected chi connectivity index (χ3v) is 14.1. The summed E-state index contributed by atoms with van der Waals surface area (Å²) < 4.78 is 14.1. The molecule has 0 radical (unpaired) electrons. The van der Waals surface area contributed by atoms with Gasteiger partial charge in [0.1, 0.15) is 41.8 Å². The number of ether oxygens (including phenoxy) is 2. The second-order valence-electron chi connectivity index (χ2n) is 18.8. The van der Waals surface area contributed by atoms with E-state index < -0.39 is 29.7 Å². The Labute approximate surface area is 412 Å². The Morgan fingerprint density at radius 1 is 0.817 bits per heavy atom. The lowest BCUT2D eigenvalue weighted by Crippen LogP contribution is -2.54. The number of carbonyl (C=O) groups is 5. The molecule has 9 rings (SSSR count). The molecule has 0 bridgehead atoms.